The molecule has 4 nitrogen and oxygen atoms in total. The molecule has 0 aliphatic carbocycles. The number of hydrogen-bond donors (Lipinski definition) is 2. The molecule has 0 aromatic carbocycles. The van der Waals surface area contributed by atoms with Gasteiger partial charge in [0.25, 0.3) is 0 Å². The van der Waals surface area contributed by atoms with Crippen molar-refractivity contribution in [3.63, 3.8) is 0 Å². The van der Waals surface area contributed by atoms with E-state index in [9.17, 15) is 0 Å². The first-order chi connectivity index (χ1) is 7.90. The van der Waals surface area contributed by atoms with E-state index in [1.807, 2.05) is 10.8 Å². The summed E-state index contributed by atoms with van der Waals surface area (Å²) < 4.78 is 1.99. The number of imidazole rings is 1. The Morgan fingerprint density at radius 2 is 2.44 bits per heavy atom. The van der Waals surface area contributed by atoms with Gasteiger partial charge in [-0.3, -0.25) is 0 Å². The van der Waals surface area contributed by atoms with Crippen LogP contribution in [-0.4, -0.2) is 27.8 Å². The summed E-state index contributed by atoms with van der Waals surface area (Å²) in [5, 5.41) is 14.0. The number of thiophene rings is 1. The molecule has 0 atom stereocenters. The van der Waals surface area contributed by atoms with Crippen LogP contribution < -0.4 is 5.32 Å². The van der Waals surface area contributed by atoms with E-state index in [1.54, 1.807) is 23.9 Å². The van der Waals surface area contributed by atoms with Crippen molar-refractivity contribution in [1.82, 2.24) is 14.9 Å². The van der Waals surface area contributed by atoms with Crippen LogP contribution in [0, 0.1) is 0 Å². The smallest absolute Gasteiger partial charge is 0.0991 e. The second-order valence-electron chi connectivity index (χ2n) is 3.50. The van der Waals surface area contributed by atoms with Gasteiger partial charge in [0.2, 0.25) is 0 Å². The zero-order valence-electron chi connectivity index (χ0n) is 8.97. The molecular weight excluding hydrogens is 222 g/mol. The largest absolute Gasteiger partial charge is 0.396 e. The minimum Gasteiger partial charge on any atom is -0.396 e. The number of aromatic nitrogens is 2. The van der Waals surface area contributed by atoms with Crippen molar-refractivity contribution in [3.8, 4) is 5.69 Å². The molecule has 0 amide bonds. The van der Waals surface area contributed by atoms with Gasteiger partial charge < -0.3 is 15.0 Å². The Morgan fingerprint density at radius 3 is 3.19 bits per heavy atom. The van der Waals surface area contributed by atoms with E-state index >= 15 is 0 Å². The Bertz CT molecular complexity index is 411. The lowest BCUT2D eigenvalue weighted by atomic mass is 10.4. The van der Waals surface area contributed by atoms with Crippen LogP contribution in [0.2, 0.25) is 0 Å². The van der Waals surface area contributed by atoms with Gasteiger partial charge >= 0.3 is 0 Å². The van der Waals surface area contributed by atoms with Crippen molar-refractivity contribution in [1.29, 1.82) is 0 Å². The summed E-state index contributed by atoms with van der Waals surface area (Å²) in [5.41, 5.74) is 1.15. The second kappa shape index (κ2) is 5.79. The molecule has 0 spiro atoms. The molecule has 0 saturated carbocycles. The van der Waals surface area contributed by atoms with Crippen molar-refractivity contribution in [2.75, 3.05) is 13.2 Å². The third-order valence-electron chi connectivity index (χ3n) is 2.25. The van der Waals surface area contributed by atoms with Crippen LogP contribution in [0.3, 0.4) is 0 Å². The topological polar surface area (TPSA) is 50.1 Å². The number of nitrogens with zero attached hydrogens (tertiary/aromatic N) is 2. The number of aliphatic hydroxyl groups excluding tert-OH is 1. The first kappa shape index (κ1) is 11.3. The monoisotopic (exact) mass is 237 g/mol. The summed E-state index contributed by atoms with van der Waals surface area (Å²) >= 11 is 1.73. The zero-order valence-corrected chi connectivity index (χ0v) is 9.78. The van der Waals surface area contributed by atoms with Crippen molar-refractivity contribution >= 4 is 11.3 Å². The number of nitrogens with one attached hydrogen (secondary N) is 1. The molecule has 2 aromatic rings. The zero-order chi connectivity index (χ0) is 11.2. The molecule has 2 rings (SSSR count). The van der Waals surface area contributed by atoms with Crippen LogP contribution in [0.5, 0.6) is 0 Å². The molecule has 0 aliphatic rings. The molecule has 0 fully saturated rings. The lowest BCUT2D eigenvalue weighted by Gasteiger charge is -2.00. The second-order valence-corrected chi connectivity index (χ2v) is 4.49. The predicted octanol–water partition coefficient (Wildman–Crippen LogP) is 1.41. The molecule has 2 aromatic heterocycles. The maximum Gasteiger partial charge on any atom is 0.0991 e. The molecule has 86 valence electrons. The highest BCUT2D eigenvalue weighted by Crippen LogP contribution is 2.17. The standard InChI is InChI=1S/C11H15N3OS/c15-5-1-2-12-7-11-6-10(8-16-11)14-4-3-13-9-14/h3-4,6,8-9,12,15H,1-2,5,7H2. The molecule has 0 aliphatic heterocycles. The van der Waals surface area contributed by atoms with Crippen LogP contribution in [0.15, 0.2) is 30.2 Å². The van der Waals surface area contributed by atoms with Crippen LogP contribution in [-0.2, 0) is 6.54 Å². The Hall–Kier alpha value is -1.17. The first-order valence-corrected chi connectivity index (χ1v) is 6.15. The van der Waals surface area contributed by atoms with E-state index in [0.717, 1.165) is 25.2 Å². The summed E-state index contributed by atoms with van der Waals surface area (Å²) in [6, 6.07) is 2.15. The van der Waals surface area contributed by atoms with Gasteiger partial charge in [-0.25, -0.2) is 4.98 Å². The van der Waals surface area contributed by atoms with E-state index in [0.29, 0.717) is 0 Å². The van der Waals surface area contributed by atoms with Crippen molar-refractivity contribution in [2.45, 2.75) is 13.0 Å². The molecule has 2 heterocycles. The van der Waals surface area contributed by atoms with E-state index in [2.05, 4.69) is 21.7 Å². The maximum atomic E-state index is 8.64. The number of rotatable bonds is 6. The quantitative estimate of drug-likeness (QED) is 0.747. The van der Waals surface area contributed by atoms with Crippen molar-refractivity contribution in [3.05, 3.63) is 35.0 Å². The van der Waals surface area contributed by atoms with Crippen LogP contribution >= 0.6 is 11.3 Å². The van der Waals surface area contributed by atoms with E-state index in [4.69, 9.17) is 5.11 Å². The summed E-state index contributed by atoms with van der Waals surface area (Å²) in [6.45, 7) is 1.96. The predicted molar refractivity (Wildman–Crippen MR) is 64.9 cm³/mol. The fraction of sp³-hybridized carbons (Fsp3) is 0.364. The fourth-order valence-corrected chi connectivity index (χ4v) is 2.26. The Labute approximate surface area is 98.6 Å². The molecule has 0 radical (unpaired) electrons. The average molecular weight is 237 g/mol. The lowest BCUT2D eigenvalue weighted by molar-refractivity contribution is 0.286. The first-order valence-electron chi connectivity index (χ1n) is 5.27. The summed E-state index contributed by atoms with van der Waals surface area (Å²) in [5.74, 6) is 0. The third kappa shape index (κ3) is 2.91. The van der Waals surface area contributed by atoms with Crippen molar-refractivity contribution in [2.24, 2.45) is 0 Å². The molecule has 2 N–H and O–H groups in total. The van der Waals surface area contributed by atoms with E-state index in [1.165, 1.54) is 4.88 Å². The summed E-state index contributed by atoms with van der Waals surface area (Å²) in [4.78, 5) is 5.31. The third-order valence-corrected chi connectivity index (χ3v) is 3.18. The molecule has 0 bridgehead atoms. The van der Waals surface area contributed by atoms with E-state index < -0.39 is 0 Å². The number of aliphatic hydroxyl groups is 1. The summed E-state index contributed by atoms with van der Waals surface area (Å²) in [7, 11) is 0. The van der Waals surface area contributed by atoms with Gasteiger partial charge in [0.05, 0.1) is 12.0 Å². The van der Waals surface area contributed by atoms with Gasteiger partial charge in [-0.15, -0.1) is 11.3 Å². The van der Waals surface area contributed by atoms with Gasteiger partial charge in [-0.05, 0) is 19.0 Å². The highest BCUT2D eigenvalue weighted by Gasteiger charge is 2.00. The van der Waals surface area contributed by atoms with Crippen LogP contribution in [0.1, 0.15) is 11.3 Å². The normalized spacial score (nSPS) is 10.8. The van der Waals surface area contributed by atoms with Crippen molar-refractivity contribution < 1.29 is 5.11 Å². The van der Waals surface area contributed by atoms with Gasteiger partial charge in [-0.1, -0.05) is 0 Å². The van der Waals surface area contributed by atoms with Gasteiger partial charge in [0.15, 0.2) is 0 Å². The summed E-state index contributed by atoms with van der Waals surface area (Å²) in [6.07, 6.45) is 6.31. The van der Waals surface area contributed by atoms with Gasteiger partial charge in [-0.2, -0.15) is 0 Å². The fourth-order valence-electron chi connectivity index (χ4n) is 1.42. The Balaban J connectivity index is 1.88. The maximum absolute atomic E-state index is 8.64. The molecule has 5 heteroatoms. The average Bonchev–Trinajstić information content (AvgIpc) is 2.94. The SMILES string of the molecule is OCCCNCc1cc(-n2ccnc2)cs1. The lowest BCUT2D eigenvalue weighted by Crippen LogP contribution is -2.14. The number of hydrogen-bond acceptors (Lipinski definition) is 4. The Kier molecular flexibility index (Phi) is 4.10. The molecular formula is C11H15N3OS. The van der Waals surface area contributed by atoms with Crippen LogP contribution in [0.4, 0.5) is 0 Å². The highest BCUT2D eigenvalue weighted by molar-refractivity contribution is 7.10. The van der Waals surface area contributed by atoms with Gasteiger partial charge in [0.1, 0.15) is 0 Å². The van der Waals surface area contributed by atoms with Gasteiger partial charge in [0, 0.05) is 35.8 Å². The Morgan fingerprint density at radius 1 is 1.50 bits per heavy atom. The minimum atomic E-state index is 0.248. The highest BCUT2D eigenvalue weighted by atomic mass is 32.1. The van der Waals surface area contributed by atoms with Crippen LogP contribution in [0.25, 0.3) is 5.69 Å². The van der Waals surface area contributed by atoms with E-state index in [-0.39, 0.29) is 6.61 Å². The molecule has 0 saturated heterocycles. The minimum absolute atomic E-state index is 0.248. The molecule has 0 unspecified atom stereocenters. The molecule has 16 heavy (non-hydrogen) atoms.